The predicted molar refractivity (Wildman–Crippen MR) is 69.2 cm³/mol. The maximum atomic E-state index is 12.3. The van der Waals surface area contributed by atoms with Gasteiger partial charge in [-0.1, -0.05) is 0 Å². The van der Waals surface area contributed by atoms with E-state index in [1.165, 1.54) is 7.11 Å². The summed E-state index contributed by atoms with van der Waals surface area (Å²) in [5.74, 6) is -0.0676. The van der Waals surface area contributed by atoms with Gasteiger partial charge in [-0.05, 0) is 26.2 Å². The molecule has 0 bridgehead atoms. The van der Waals surface area contributed by atoms with Gasteiger partial charge < -0.3 is 10.1 Å². The molecular weight excluding hydrogens is 254 g/mol. The first kappa shape index (κ1) is 16.3. The van der Waals surface area contributed by atoms with Crippen LogP contribution in [-0.2, 0) is 9.53 Å². The highest BCUT2D eigenvalue weighted by Gasteiger charge is 2.30. The summed E-state index contributed by atoms with van der Waals surface area (Å²) in [4.78, 5) is 13.6. The van der Waals surface area contributed by atoms with Crippen molar-refractivity contribution in [3.8, 4) is 0 Å². The lowest BCUT2D eigenvalue weighted by Gasteiger charge is -2.40. The number of hydrogen-bond donors (Lipinski definition) is 1. The summed E-state index contributed by atoms with van der Waals surface area (Å²) < 4.78 is 29.2. The average Bonchev–Trinajstić information content (AvgIpc) is 2.35. The summed E-state index contributed by atoms with van der Waals surface area (Å²) in [6.07, 6.45) is -1.24. The van der Waals surface area contributed by atoms with Gasteiger partial charge in [0.25, 0.3) is 6.43 Å². The first-order valence-corrected chi connectivity index (χ1v) is 6.74. The maximum absolute atomic E-state index is 12.3. The van der Waals surface area contributed by atoms with Crippen molar-refractivity contribution in [3.63, 3.8) is 0 Å². The second-order valence-corrected chi connectivity index (χ2v) is 5.43. The van der Waals surface area contributed by atoms with Crippen LogP contribution < -0.4 is 5.32 Å². The van der Waals surface area contributed by atoms with Gasteiger partial charge in [-0.25, -0.2) is 8.78 Å². The highest BCUT2D eigenvalue weighted by molar-refractivity contribution is 5.69. The second-order valence-electron chi connectivity index (χ2n) is 5.43. The Balaban J connectivity index is 2.54. The fraction of sp³-hybridized carbons (Fsp3) is 0.923. The van der Waals surface area contributed by atoms with Crippen LogP contribution in [0.15, 0.2) is 0 Å². The van der Waals surface area contributed by atoms with E-state index in [2.05, 4.69) is 28.8 Å². The van der Waals surface area contributed by atoms with Gasteiger partial charge in [-0.2, -0.15) is 0 Å². The Labute approximate surface area is 113 Å². The Morgan fingerprint density at radius 1 is 1.42 bits per heavy atom. The molecule has 4 nitrogen and oxygen atoms in total. The lowest BCUT2D eigenvalue weighted by Crippen LogP contribution is -2.52. The lowest BCUT2D eigenvalue weighted by atomic mass is 9.90. The van der Waals surface area contributed by atoms with Crippen LogP contribution in [0.5, 0.6) is 0 Å². The van der Waals surface area contributed by atoms with Gasteiger partial charge in [-0.15, -0.1) is 0 Å². The Kier molecular flexibility index (Phi) is 6.65. The largest absolute Gasteiger partial charge is 0.469 e. The third-order valence-corrected chi connectivity index (χ3v) is 3.54. The number of hydrogen-bond acceptors (Lipinski definition) is 4. The predicted octanol–water partition coefficient (Wildman–Crippen LogP) is 1.50. The number of esters is 1. The van der Waals surface area contributed by atoms with Crippen LogP contribution in [0.2, 0.25) is 0 Å². The van der Waals surface area contributed by atoms with Crippen LogP contribution in [0.4, 0.5) is 8.78 Å². The van der Waals surface area contributed by atoms with E-state index in [0.717, 1.165) is 19.5 Å². The summed E-state index contributed by atoms with van der Waals surface area (Å²) in [6.45, 7) is 5.43. The Morgan fingerprint density at radius 3 is 2.63 bits per heavy atom. The molecule has 0 aromatic heterocycles. The summed E-state index contributed by atoms with van der Waals surface area (Å²) in [6, 6.07) is 0.358. The summed E-state index contributed by atoms with van der Waals surface area (Å²) >= 11 is 0. The number of halogens is 2. The minimum absolute atomic E-state index is 0.0137. The normalized spacial score (nSPS) is 25.0. The van der Waals surface area contributed by atoms with E-state index in [9.17, 15) is 13.6 Å². The number of carbonyl (C=O) groups is 1. The molecule has 0 saturated carbocycles. The molecule has 1 saturated heterocycles. The van der Waals surface area contributed by atoms with Crippen molar-refractivity contribution in [3.05, 3.63) is 0 Å². The van der Waals surface area contributed by atoms with Crippen molar-refractivity contribution in [2.24, 2.45) is 5.92 Å². The molecule has 1 N–H and O–H groups in total. The van der Waals surface area contributed by atoms with Crippen molar-refractivity contribution in [1.29, 1.82) is 0 Å². The molecule has 1 aliphatic rings. The van der Waals surface area contributed by atoms with Gasteiger partial charge in [0.15, 0.2) is 0 Å². The fourth-order valence-corrected chi connectivity index (χ4v) is 2.53. The van der Waals surface area contributed by atoms with Gasteiger partial charge >= 0.3 is 5.97 Å². The topological polar surface area (TPSA) is 41.6 Å². The first-order chi connectivity index (χ1) is 8.92. The molecule has 1 aliphatic heterocycles. The maximum Gasteiger partial charge on any atom is 0.305 e. The minimum Gasteiger partial charge on any atom is -0.469 e. The number of methoxy groups -OCH3 is 1. The standard InChI is InChI=1S/C13H24F2N2O2/c1-9(2)17-7-10(5-13(18)19-3)4-11(8-17)16-6-12(14)15/h9-12,16H,4-8H2,1-3H3. The molecule has 0 aliphatic carbocycles. The van der Waals surface area contributed by atoms with Crippen LogP contribution >= 0.6 is 0 Å². The zero-order valence-electron chi connectivity index (χ0n) is 11.9. The Hall–Kier alpha value is -0.750. The number of carbonyl (C=O) groups excluding carboxylic acids is 1. The van der Waals surface area contributed by atoms with Crippen LogP contribution in [0.1, 0.15) is 26.7 Å². The molecule has 0 radical (unpaired) electrons. The molecule has 1 fully saturated rings. The second kappa shape index (κ2) is 7.75. The highest BCUT2D eigenvalue weighted by atomic mass is 19.3. The van der Waals surface area contributed by atoms with Gasteiger partial charge in [0.05, 0.1) is 13.7 Å². The van der Waals surface area contributed by atoms with Crippen molar-refractivity contribution >= 4 is 5.97 Å². The van der Waals surface area contributed by atoms with E-state index >= 15 is 0 Å². The number of likely N-dealkylation sites (tertiary alicyclic amines) is 1. The zero-order chi connectivity index (χ0) is 14.4. The molecule has 2 atom stereocenters. The minimum atomic E-state index is -2.34. The summed E-state index contributed by atoms with van der Waals surface area (Å²) in [7, 11) is 1.37. The quantitative estimate of drug-likeness (QED) is 0.748. The summed E-state index contributed by atoms with van der Waals surface area (Å²) in [5, 5.41) is 2.88. The lowest BCUT2D eigenvalue weighted by molar-refractivity contribution is -0.142. The van der Waals surface area contributed by atoms with Gasteiger partial charge in [0.2, 0.25) is 0 Å². The third kappa shape index (κ3) is 5.82. The molecular formula is C13H24F2N2O2. The Morgan fingerprint density at radius 2 is 2.11 bits per heavy atom. The molecule has 1 heterocycles. The van der Waals surface area contributed by atoms with E-state index in [1.807, 2.05) is 0 Å². The van der Waals surface area contributed by atoms with Crippen LogP contribution in [0, 0.1) is 5.92 Å². The zero-order valence-corrected chi connectivity index (χ0v) is 11.9. The molecule has 112 valence electrons. The smallest absolute Gasteiger partial charge is 0.305 e. The molecule has 6 heteroatoms. The molecule has 1 rings (SSSR count). The van der Waals surface area contributed by atoms with Gasteiger partial charge in [0, 0.05) is 31.6 Å². The third-order valence-electron chi connectivity index (χ3n) is 3.54. The molecule has 19 heavy (non-hydrogen) atoms. The van der Waals surface area contributed by atoms with E-state index in [1.54, 1.807) is 0 Å². The van der Waals surface area contributed by atoms with E-state index in [4.69, 9.17) is 0 Å². The SMILES string of the molecule is COC(=O)CC1CC(NCC(F)F)CN(C(C)C)C1. The average molecular weight is 278 g/mol. The van der Waals surface area contributed by atoms with Gasteiger partial charge in [-0.3, -0.25) is 9.69 Å². The number of ether oxygens (including phenoxy) is 1. The number of piperidine rings is 1. The van der Waals surface area contributed by atoms with Crippen molar-refractivity contribution in [2.75, 3.05) is 26.7 Å². The van der Waals surface area contributed by atoms with E-state index < -0.39 is 6.43 Å². The van der Waals surface area contributed by atoms with Crippen LogP contribution in [0.25, 0.3) is 0 Å². The van der Waals surface area contributed by atoms with Crippen LogP contribution in [-0.4, -0.2) is 56.1 Å². The van der Waals surface area contributed by atoms with Gasteiger partial charge in [0.1, 0.15) is 0 Å². The molecule has 0 aromatic rings. The highest BCUT2D eigenvalue weighted by Crippen LogP contribution is 2.22. The van der Waals surface area contributed by atoms with Crippen molar-refractivity contribution in [1.82, 2.24) is 10.2 Å². The first-order valence-electron chi connectivity index (χ1n) is 6.74. The van der Waals surface area contributed by atoms with E-state index in [-0.39, 0.29) is 24.5 Å². The number of nitrogens with one attached hydrogen (secondary N) is 1. The number of alkyl halides is 2. The van der Waals surface area contributed by atoms with E-state index in [0.29, 0.717) is 12.5 Å². The molecule has 2 unspecified atom stereocenters. The number of nitrogens with zero attached hydrogens (tertiary/aromatic N) is 1. The Bertz CT molecular complexity index is 288. The molecule has 0 amide bonds. The fourth-order valence-electron chi connectivity index (χ4n) is 2.53. The summed E-state index contributed by atoms with van der Waals surface area (Å²) in [5.41, 5.74) is 0. The monoisotopic (exact) mass is 278 g/mol. The van der Waals surface area contributed by atoms with Crippen LogP contribution in [0.3, 0.4) is 0 Å². The van der Waals surface area contributed by atoms with Crippen molar-refractivity contribution in [2.45, 2.75) is 45.2 Å². The molecule has 0 aromatic carbocycles. The number of rotatable bonds is 6. The molecule has 0 spiro atoms. The van der Waals surface area contributed by atoms with Crippen molar-refractivity contribution < 1.29 is 18.3 Å².